The summed E-state index contributed by atoms with van der Waals surface area (Å²) in [6, 6.07) is 7.36. The molecular weight excluding hydrogens is 246 g/mol. The summed E-state index contributed by atoms with van der Waals surface area (Å²) in [5.74, 6) is -0.229. The summed E-state index contributed by atoms with van der Waals surface area (Å²) in [5, 5.41) is 23.4. The minimum Gasteiger partial charge on any atom is -0.390 e. The molecule has 1 aliphatic rings. The maximum atomic E-state index is 11.9. The van der Waals surface area contributed by atoms with Gasteiger partial charge >= 0.3 is 0 Å². The predicted octanol–water partition coefficient (Wildman–Crippen LogP) is -0.552. The zero-order valence-corrected chi connectivity index (χ0v) is 10.1. The van der Waals surface area contributed by atoms with Gasteiger partial charge in [-0.2, -0.15) is 0 Å². The van der Waals surface area contributed by atoms with Gasteiger partial charge in [0.05, 0.1) is 12.1 Å². The SMILES string of the molecule is O=C(Cn1cnnn1)N[C@H]1c2ccccc2C[C@H]1O. The molecule has 2 atom stereocenters. The molecule has 0 fully saturated rings. The van der Waals surface area contributed by atoms with Crippen LogP contribution in [0.1, 0.15) is 17.2 Å². The number of tetrazole rings is 1. The van der Waals surface area contributed by atoms with Crippen molar-refractivity contribution in [3.05, 3.63) is 41.7 Å². The summed E-state index contributed by atoms with van der Waals surface area (Å²) in [4.78, 5) is 11.9. The quantitative estimate of drug-likeness (QED) is 0.771. The summed E-state index contributed by atoms with van der Waals surface area (Å²) in [7, 11) is 0. The van der Waals surface area contributed by atoms with Crippen LogP contribution in [0.25, 0.3) is 0 Å². The van der Waals surface area contributed by atoms with E-state index in [4.69, 9.17) is 0 Å². The Morgan fingerprint density at radius 2 is 2.32 bits per heavy atom. The summed E-state index contributed by atoms with van der Waals surface area (Å²) in [6.45, 7) is 0.0401. The Balaban J connectivity index is 1.71. The van der Waals surface area contributed by atoms with Crippen molar-refractivity contribution in [3.8, 4) is 0 Å². The normalized spacial score (nSPS) is 21.1. The van der Waals surface area contributed by atoms with Gasteiger partial charge < -0.3 is 10.4 Å². The Bertz CT molecular complexity index is 584. The lowest BCUT2D eigenvalue weighted by Gasteiger charge is -2.17. The Morgan fingerprint density at radius 1 is 1.47 bits per heavy atom. The average Bonchev–Trinajstić information content (AvgIpc) is 2.99. The van der Waals surface area contributed by atoms with Crippen LogP contribution >= 0.6 is 0 Å². The van der Waals surface area contributed by atoms with E-state index in [-0.39, 0.29) is 18.5 Å². The lowest BCUT2D eigenvalue weighted by atomic mass is 10.1. The minimum absolute atomic E-state index is 0.0401. The van der Waals surface area contributed by atoms with Crippen LogP contribution in [-0.4, -0.2) is 37.3 Å². The van der Waals surface area contributed by atoms with Gasteiger partial charge in [0, 0.05) is 6.42 Å². The molecule has 19 heavy (non-hydrogen) atoms. The monoisotopic (exact) mass is 259 g/mol. The van der Waals surface area contributed by atoms with Crippen LogP contribution in [0.3, 0.4) is 0 Å². The van der Waals surface area contributed by atoms with E-state index < -0.39 is 6.10 Å². The van der Waals surface area contributed by atoms with Gasteiger partial charge in [-0.1, -0.05) is 24.3 Å². The first-order chi connectivity index (χ1) is 9.24. The fourth-order valence-corrected chi connectivity index (χ4v) is 2.37. The first-order valence-electron chi connectivity index (χ1n) is 6.00. The van der Waals surface area contributed by atoms with Crippen LogP contribution in [0.2, 0.25) is 0 Å². The van der Waals surface area contributed by atoms with E-state index in [1.807, 2.05) is 24.3 Å². The lowest BCUT2D eigenvalue weighted by molar-refractivity contribution is -0.123. The number of nitrogens with zero attached hydrogens (tertiary/aromatic N) is 4. The molecule has 0 bridgehead atoms. The van der Waals surface area contributed by atoms with Crippen LogP contribution in [0.5, 0.6) is 0 Å². The van der Waals surface area contributed by atoms with Crippen molar-refractivity contribution < 1.29 is 9.90 Å². The third-order valence-electron chi connectivity index (χ3n) is 3.22. The number of aliphatic hydroxyl groups excluding tert-OH is 1. The number of carbonyl (C=O) groups excluding carboxylic acids is 1. The van der Waals surface area contributed by atoms with Crippen LogP contribution in [0.4, 0.5) is 0 Å². The lowest BCUT2D eigenvalue weighted by Crippen LogP contribution is -2.36. The molecule has 0 unspecified atom stereocenters. The van der Waals surface area contributed by atoms with E-state index in [0.717, 1.165) is 11.1 Å². The number of benzene rings is 1. The highest BCUT2D eigenvalue weighted by Gasteiger charge is 2.31. The number of hydrogen-bond donors (Lipinski definition) is 2. The molecule has 1 aliphatic carbocycles. The molecule has 98 valence electrons. The number of amides is 1. The highest BCUT2D eigenvalue weighted by molar-refractivity contribution is 5.76. The molecule has 1 amide bonds. The summed E-state index contributed by atoms with van der Waals surface area (Å²) in [6.07, 6.45) is 1.35. The maximum Gasteiger partial charge on any atom is 0.242 e. The molecule has 1 aromatic heterocycles. The van der Waals surface area contributed by atoms with Crippen molar-refractivity contribution in [2.24, 2.45) is 0 Å². The maximum absolute atomic E-state index is 11.9. The van der Waals surface area contributed by atoms with E-state index in [1.165, 1.54) is 11.0 Å². The van der Waals surface area contributed by atoms with Crippen LogP contribution in [0.15, 0.2) is 30.6 Å². The van der Waals surface area contributed by atoms with Crippen molar-refractivity contribution in [1.82, 2.24) is 25.5 Å². The Hall–Kier alpha value is -2.28. The number of hydrogen-bond acceptors (Lipinski definition) is 5. The molecule has 3 rings (SSSR count). The van der Waals surface area contributed by atoms with Gasteiger partial charge in [0.25, 0.3) is 0 Å². The molecule has 0 radical (unpaired) electrons. The van der Waals surface area contributed by atoms with E-state index in [1.54, 1.807) is 0 Å². The molecule has 0 spiro atoms. The Kier molecular flexibility index (Phi) is 2.96. The Labute approximate surface area is 109 Å². The van der Waals surface area contributed by atoms with Gasteiger partial charge in [-0.3, -0.25) is 4.79 Å². The first kappa shape index (κ1) is 11.8. The minimum atomic E-state index is -0.588. The smallest absolute Gasteiger partial charge is 0.242 e. The number of fused-ring (bicyclic) bond motifs is 1. The van der Waals surface area contributed by atoms with Crippen molar-refractivity contribution in [2.45, 2.75) is 25.1 Å². The third kappa shape index (κ3) is 2.32. The summed E-state index contributed by atoms with van der Waals surface area (Å²) >= 11 is 0. The predicted molar refractivity (Wildman–Crippen MR) is 64.9 cm³/mol. The average molecular weight is 259 g/mol. The molecule has 7 heteroatoms. The standard InChI is InChI=1S/C12H13N5O2/c18-10-5-8-3-1-2-4-9(8)12(10)14-11(19)6-17-7-13-15-16-17/h1-4,7,10,12,18H,5-6H2,(H,14,19)/t10-,12+/m1/s1. The van der Waals surface area contributed by atoms with Crippen molar-refractivity contribution in [3.63, 3.8) is 0 Å². The number of aliphatic hydroxyl groups is 1. The van der Waals surface area contributed by atoms with Gasteiger partial charge in [-0.15, -0.1) is 5.10 Å². The number of nitrogens with one attached hydrogen (secondary N) is 1. The molecule has 0 saturated carbocycles. The second-order valence-electron chi connectivity index (χ2n) is 4.52. The topological polar surface area (TPSA) is 92.9 Å². The van der Waals surface area contributed by atoms with Crippen LogP contribution in [0, 0.1) is 0 Å². The summed E-state index contributed by atoms with van der Waals surface area (Å²) in [5.41, 5.74) is 2.04. The van der Waals surface area contributed by atoms with Gasteiger partial charge in [0.2, 0.25) is 5.91 Å². The van der Waals surface area contributed by atoms with Crippen LogP contribution in [-0.2, 0) is 17.8 Å². The Morgan fingerprint density at radius 3 is 3.11 bits per heavy atom. The zero-order valence-electron chi connectivity index (χ0n) is 10.1. The van der Waals surface area contributed by atoms with Gasteiger partial charge in [0.15, 0.2) is 0 Å². The van der Waals surface area contributed by atoms with E-state index in [2.05, 4.69) is 20.8 Å². The second kappa shape index (κ2) is 4.77. The van der Waals surface area contributed by atoms with Crippen molar-refractivity contribution in [1.29, 1.82) is 0 Å². The molecule has 0 saturated heterocycles. The molecule has 2 N–H and O–H groups in total. The first-order valence-corrected chi connectivity index (χ1v) is 6.00. The third-order valence-corrected chi connectivity index (χ3v) is 3.22. The molecular formula is C12H13N5O2. The molecule has 7 nitrogen and oxygen atoms in total. The van der Waals surface area contributed by atoms with Crippen LogP contribution < -0.4 is 5.32 Å². The fourth-order valence-electron chi connectivity index (χ4n) is 2.37. The van der Waals surface area contributed by atoms with E-state index in [9.17, 15) is 9.90 Å². The second-order valence-corrected chi connectivity index (χ2v) is 4.52. The van der Waals surface area contributed by atoms with Gasteiger partial charge in [-0.05, 0) is 21.6 Å². The van der Waals surface area contributed by atoms with E-state index >= 15 is 0 Å². The number of carbonyl (C=O) groups is 1. The number of rotatable bonds is 3. The summed E-state index contributed by atoms with van der Waals surface area (Å²) < 4.78 is 1.34. The molecule has 0 aliphatic heterocycles. The highest BCUT2D eigenvalue weighted by Crippen LogP contribution is 2.31. The van der Waals surface area contributed by atoms with Gasteiger partial charge in [0.1, 0.15) is 12.9 Å². The van der Waals surface area contributed by atoms with Crippen molar-refractivity contribution >= 4 is 5.91 Å². The highest BCUT2D eigenvalue weighted by atomic mass is 16.3. The zero-order chi connectivity index (χ0) is 13.2. The van der Waals surface area contributed by atoms with Crippen molar-refractivity contribution in [2.75, 3.05) is 0 Å². The largest absolute Gasteiger partial charge is 0.390 e. The van der Waals surface area contributed by atoms with E-state index in [0.29, 0.717) is 6.42 Å². The number of aromatic nitrogens is 4. The molecule has 1 aromatic carbocycles. The molecule has 1 heterocycles. The van der Waals surface area contributed by atoms with Gasteiger partial charge in [-0.25, -0.2) is 4.68 Å². The molecule has 2 aromatic rings. The fraction of sp³-hybridized carbons (Fsp3) is 0.333.